The Morgan fingerprint density at radius 1 is 1.22 bits per heavy atom. The molecular formula is C15H20ClN5OS. The fourth-order valence-corrected chi connectivity index (χ4v) is 2.95. The number of piperidine rings is 1. The molecule has 0 atom stereocenters. The SMILES string of the molecule is Cl.NC(=S)N=Nc1c(O)n(CN2CCCCC2)c2ccccc12. The molecule has 1 fully saturated rings. The van der Waals surface area contributed by atoms with Crippen LogP contribution in [0.1, 0.15) is 19.3 Å². The number of hydrogen-bond acceptors (Lipinski definition) is 4. The number of benzene rings is 1. The second-order valence-electron chi connectivity index (χ2n) is 5.48. The third kappa shape index (κ3) is 3.80. The Morgan fingerprint density at radius 3 is 2.61 bits per heavy atom. The van der Waals surface area contributed by atoms with Gasteiger partial charge in [-0.25, -0.2) is 0 Å². The predicted octanol–water partition coefficient (Wildman–Crippen LogP) is 3.54. The van der Waals surface area contributed by atoms with Crippen LogP contribution in [0.15, 0.2) is 34.5 Å². The molecule has 0 spiro atoms. The Bertz CT molecular complexity index is 724. The topological polar surface area (TPSA) is 79.1 Å². The molecule has 3 rings (SSSR count). The maximum Gasteiger partial charge on any atom is 0.221 e. The van der Waals surface area contributed by atoms with Gasteiger partial charge in [-0.1, -0.05) is 24.6 Å². The van der Waals surface area contributed by atoms with Crippen LogP contribution in [0.3, 0.4) is 0 Å². The van der Waals surface area contributed by atoms with Crippen LogP contribution in [0.5, 0.6) is 5.88 Å². The molecule has 2 aromatic rings. The molecule has 0 radical (unpaired) electrons. The average molecular weight is 354 g/mol. The molecule has 23 heavy (non-hydrogen) atoms. The summed E-state index contributed by atoms with van der Waals surface area (Å²) in [7, 11) is 0. The van der Waals surface area contributed by atoms with Crippen molar-refractivity contribution in [2.75, 3.05) is 13.1 Å². The van der Waals surface area contributed by atoms with E-state index in [0.717, 1.165) is 24.0 Å². The molecule has 8 heteroatoms. The number of aromatic nitrogens is 1. The number of para-hydroxylation sites is 1. The molecule has 1 aliphatic heterocycles. The zero-order chi connectivity index (χ0) is 15.5. The van der Waals surface area contributed by atoms with Gasteiger partial charge < -0.3 is 10.8 Å². The van der Waals surface area contributed by atoms with E-state index in [9.17, 15) is 5.11 Å². The molecule has 0 bridgehead atoms. The quantitative estimate of drug-likeness (QED) is 0.653. The molecular weight excluding hydrogens is 334 g/mol. The zero-order valence-electron chi connectivity index (χ0n) is 12.7. The van der Waals surface area contributed by atoms with Gasteiger partial charge in [0.1, 0.15) is 0 Å². The lowest BCUT2D eigenvalue weighted by atomic mass is 10.1. The lowest BCUT2D eigenvalue weighted by Crippen LogP contribution is -2.31. The Kier molecular flexibility index (Phi) is 5.92. The number of nitrogens with two attached hydrogens (primary N) is 1. The molecule has 2 heterocycles. The van der Waals surface area contributed by atoms with Gasteiger partial charge in [-0.05, 0) is 44.2 Å². The van der Waals surface area contributed by atoms with Crippen molar-refractivity contribution < 1.29 is 5.11 Å². The number of halogens is 1. The first kappa shape index (κ1) is 17.7. The van der Waals surface area contributed by atoms with Crippen LogP contribution < -0.4 is 5.73 Å². The van der Waals surface area contributed by atoms with Crippen LogP contribution in [0.4, 0.5) is 5.69 Å². The minimum absolute atomic E-state index is 0. The molecule has 6 nitrogen and oxygen atoms in total. The van der Waals surface area contributed by atoms with E-state index in [-0.39, 0.29) is 23.4 Å². The van der Waals surface area contributed by atoms with Gasteiger partial charge in [0.05, 0.1) is 12.2 Å². The number of hydrogen-bond donors (Lipinski definition) is 2. The van der Waals surface area contributed by atoms with E-state index in [0.29, 0.717) is 12.4 Å². The molecule has 1 aromatic heterocycles. The van der Waals surface area contributed by atoms with Gasteiger partial charge in [-0.15, -0.1) is 22.6 Å². The van der Waals surface area contributed by atoms with Crippen molar-refractivity contribution in [2.45, 2.75) is 25.9 Å². The summed E-state index contributed by atoms with van der Waals surface area (Å²) in [6, 6.07) is 7.74. The number of rotatable bonds is 3. The number of azo groups is 1. The summed E-state index contributed by atoms with van der Waals surface area (Å²) >= 11 is 4.72. The largest absolute Gasteiger partial charge is 0.493 e. The summed E-state index contributed by atoms with van der Waals surface area (Å²) in [6.45, 7) is 2.75. The van der Waals surface area contributed by atoms with Crippen molar-refractivity contribution in [2.24, 2.45) is 16.0 Å². The van der Waals surface area contributed by atoms with Crippen molar-refractivity contribution >= 4 is 46.3 Å². The Hall–Kier alpha value is -1.70. The first-order valence-electron chi connectivity index (χ1n) is 7.40. The van der Waals surface area contributed by atoms with E-state index in [1.54, 1.807) is 0 Å². The number of thiocarbonyl (C=S) groups is 1. The number of nitrogens with zero attached hydrogens (tertiary/aromatic N) is 4. The molecule has 1 aliphatic rings. The number of fused-ring (bicyclic) bond motifs is 1. The maximum absolute atomic E-state index is 10.6. The summed E-state index contributed by atoms with van der Waals surface area (Å²) in [5.41, 5.74) is 6.71. The average Bonchev–Trinajstić information content (AvgIpc) is 2.79. The van der Waals surface area contributed by atoms with Gasteiger partial charge in [0.25, 0.3) is 0 Å². The molecule has 3 N–H and O–H groups in total. The van der Waals surface area contributed by atoms with Gasteiger partial charge in [-0.2, -0.15) is 0 Å². The zero-order valence-corrected chi connectivity index (χ0v) is 14.3. The van der Waals surface area contributed by atoms with E-state index >= 15 is 0 Å². The first-order valence-corrected chi connectivity index (χ1v) is 7.81. The van der Waals surface area contributed by atoms with Crippen molar-refractivity contribution in [1.29, 1.82) is 0 Å². The van der Waals surface area contributed by atoms with Crippen LogP contribution in [0.25, 0.3) is 10.9 Å². The minimum Gasteiger partial charge on any atom is -0.493 e. The van der Waals surface area contributed by atoms with E-state index in [1.165, 1.54) is 19.3 Å². The molecule has 0 amide bonds. The van der Waals surface area contributed by atoms with E-state index in [1.807, 2.05) is 28.8 Å². The van der Waals surface area contributed by atoms with Crippen LogP contribution in [-0.4, -0.2) is 32.8 Å². The smallest absolute Gasteiger partial charge is 0.221 e. The highest BCUT2D eigenvalue weighted by atomic mass is 35.5. The molecule has 0 unspecified atom stereocenters. The lowest BCUT2D eigenvalue weighted by Gasteiger charge is -2.27. The molecule has 0 aliphatic carbocycles. The van der Waals surface area contributed by atoms with Crippen LogP contribution in [0, 0.1) is 0 Å². The fraction of sp³-hybridized carbons (Fsp3) is 0.400. The standard InChI is InChI=1S/C15H19N5OS.ClH/c16-15(22)18-17-13-11-6-2-3-7-12(11)20(14(13)21)10-19-8-4-1-5-9-19;/h2-3,6-7,21H,1,4-5,8-10H2,(H2,16,22);1H. The fourth-order valence-electron chi connectivity index (χ4n) is 2.91. The second kappa shape index (κ2) is 7.72. The van der Waals surface area contributed by atoms with Crippen molar-refractivity contribution in [3.05, 3.63) is 24.3 Å². The van der Waals surface area contributed by atoms with Gasteiger partial charge in [0, 0.05) is 5.39 Å². The molecule has 124 valence electrons. The Labute approximate surface area is 146 Å². The van der Waals surface area contributed by atoms with Crippen LogP contribution in [0.2, 0.25) is 0 Å². The maximum atomic E-state index is 10.6. The van der Waals surface area contributed by atoms with Gasteiger partial charge >= 0.3 is 0 Å². The predicted molar refractivity (Wildman–Crippen MR) is 97.6 cm³/mol. The Balaban J connectivity index is 0.00000192. The summed E-state index contributed by atoms with van der Waals surface area (Å²) in [4.78, 5) is 2.34. The first-order chi connectivity index (χ1) is 10.7. The highest BCUT2D eigenvalue weighted by Crippen LogP contribution is 2.39. The molecule has 1 saturated heterocycles. The van der Waals surface area contributed by atoms with E-state index in [4.69, 9.17) is 18.0 Å². The van der Waals surface area contributed by atoms with E-state index in [2.05, 4.69) is 15.1 Å². The summed E-state index contributed by atoms with van der Waals surface area (Å²) in [6.07, 6.45) is 3.68. The lowest BCUT2D eigenvalue weighted by molar-refractivity contribution is 0.178. The monoisotopic (exact) mass is 353 g/mol. The van der Waals surface area contributed by atoms with Crippen molar-refractivity contribution in [3.8, 4) is 5.88 Å². The normalized spacial score (nSPS) is 15.8. The van der Waals surface area contributed by atoms with Gasteiger partial charge in [0.2, 0.25) is 11.0 Å². The Morgan fingerprint density at radius 2 is 1.91 bits per heavy atom. The highest BCUT2D eigenvalue weighted by Gasteiger charge is 2.19. The number of aromatic hydroxyl groups is 1. The van der Waals surface area contributed by atoms with Crippen LogP contribution >= 0.6 is 24.6 Å². The molecule has 0 saturated carbocycles. The third-order valence-electron chi connectivity index (χ3n) is 3.96. The molecule has 1 aromatic carbocycles. The van der Waals surface area contributed by atoms with Gasteiger partial charge in [-0.3, -0.25) is 9.47 Å². The summed E-state index contributed by atoms with van der Waals surface area (Å²) < 4.78 is 1.87. The van der Waals surface area contributed by atoms with Gasteiger partial charge in [0.15, 0.2) is 5.69 Å². The summed E-state index contributed by atoms with van der Waals surface area (Å²) in [5, 5.41) is 19.1. The summed E-state index contributed by atoms with van der Waals surface area (Å²) in [5.74, 6) is 0.103. The van der Waals surface area contributed by atoms with E-state index < -0.39 is 0 Å². The van der Waals surface area contributed by atoms with Crippen LogP contribution in [-0.2, 0) is 6.67 Å². The third-order valence-corrected chi connectivity index (χ3v) is 4.04. The highest BCUT2D eigenvalue weighted by molar-refractivity contribution is 7.80. The van der Waals surface area contributed by atoms with Crippen molar-refractivity contribution in [3.63, 3.8) is 0 Å². The van der Waals surface area contributed by atoms with Crippen molar-refractivity contribution in [1.82, 2.24) is 9.47 Å². The second-order valence-corrected chi connectivity index (χ2v) is 5.89. The number of likely N-dealkylation sites (tertiary alicyclic amines) is 1. The minimum atomic E-state index is -0.0488.